The van der Waals surface area contributed by atoms with E-state index >= 15 is 0 Å². The van der Waals surface area contributed by atoms with Crippen LogP contribution >= 0.6 is 0 Å². The lowest BCUT2D eigenvalue weighted by atomic mass is 9.88. The molecule has 1 atom stereocenters. The van der Waals surface area contributed by atoms with Crippen LogP contribution in [0.5, 0.6) is 0 Å². The maximum Gasteiger partial charge on any atom is 0.270 e. The molecule has 2 heterocycles. The number of pyridine rings is 2. The number of carbonyl (C=O) groups excluding carboxylic acids is 1. The Hall–Kier alpha value is -4.24. The molecule has 2 aromatic heterocycles. The largest absolute Gasteiger partial charge is 0.348 e. The molecule has 1 aliphatic rings. The molecule has 0 spiro atoms. The Balaban J connectivity index is 1.28. The Morgan fingerprint density at radius 1 is 1.03 bits per heavy atom. The van der Waals surface area contributed by atoms with E-state index in [0.717, 1.165) is 35.7 Å². The zero-order valence-electron chi connectivity index (χ0n) is 17.4. The third kappa shape index (κ3) is 4.01. The molecular formula is C26H21N5O. The number of amides is 1. The Morgan fingerprint density at radius 3 is 2.72 bits per heavy atom. The monoisotopic (exact) mass is 419 g/mol. The molecule has 2 aromatic carbocycles. The minimum atomic E-state index is -0.164. The molecule has 32 heavy (non-hydrogen) atoms. The van der Waals surface area contributed by atoms with Crippen LogP contribution < -0.4 is 10.6 Å². The van der Waals surface area contributed by atoms with Gasteiger partial charge in [-0.2, -0.15) is 5.26 Å². The summed E-state index contributed by atoms with van der Waals surface area (Å²) in [4.78, 5) is 21.4. The van der Waals surface area contributed by atoms with Crippen LogP contribution in [-0.2, 0) is 12.8 Å². The molecule has 1 amide bonds. The smallest absolute Gasteiger partial charge is 0.270 e. The first-order valence-electron chi connectivity index (χ1n) is 10.6. The number of hydrogen-bond acceptors (Lipinski definition) is 5. The minimum absolute atomic E-state index is 0.117. The van der Waals surface area contributed by atoms with E-state index in [0.29, 0.717) is 17.1 Å². The molecule has 0 saturated heterocycles. The molecule has 0 bridgehead atoms. The molecule has 1 aliphatic carbocycles. The summed E-state index contributed by atoms with van der Waals surface area (Å²) in [6.45, 7) is 0. The number of fused-ring (bicyclic) bond motifs is 2. The normalized spacial score (nSPS) is 14.9. The standard InChI is InChI=1S/C26H21N5O/c27-15-17-5-6-19-11-12-28-25(23(19)13-17)30-22-9-10-24(29-16-22)26(32)31-21-8-7-18-3-1-2-4-20(18)14-21/h1-6,9-13,16,21H,7-8,14H2,(H,28,30)(H,31,32). The topological polar surface area (TPSA) is 90.7 Å². The van der Waals surface area contributed by atoms with E-state index in [1.54, 1.807) is 24.5 Å². The summed E-state index contributed by atoms with van der Waals surface area (Å²) in [7, 11) is 0. The van der Waals surface area contributed by atoms with E-state index < -0.39 is 0 Å². The van der Waals surface area contributed by atoms with Crippen molar-refractivity contribution in [3.05, 3.63) is 95.4 Å². The Morgan fingerprint density at radius 2 is 1.91 bits per heavy atom. The second-order valence-corrected chi connectivity index (χ2v) is 7.95. The van der Waals surface area contributed by atoms with Gasteiger partial charge in [-0.25, -0.2) is 9.97 Å². The highest BCUT2D eigenvalue weighted by atomic mass is 16.1. The summed E-state index contributed by atoms with van der Waals surface area (Å²) in [5.41, 5.74) is 4.35. The lowest BCUT2D eigenvalue weighted by molar-refractivity contribution is 0.0928. The predicted molar refractivity (Wildman–Crippen MR) is 124 cm³/mol. The van der Waals surface area contributed by atoms with Crippen LogP contribution in [0, 0.1) is 11.3 Å². The van der Waals surface area contributed by atoms with Crippen molar-refractivity contribution < 1.29 is 4.79 Å². The fraction of sp³-hybridized carbons (Fsp3) is 0.154. The molecule has 1 unspecified atom stereocenters. The molecule has 4 aromatic rings. The molecule has 0 aliphatic heterocycles. The number of nitriles is 1. The first-order valence-corrected chi connectivity index (χ1v) is 10.6. The van der Waals surface area contributed by atoms with Gasteiger partial charge < -0.3 is 10.6 Å². The summed E-state index contributed by atoms with van der Waals surface area (Å²) in [5, 5.41) is 17.4. The van der Waals surface area contributed by atoms with Crippen molar-refractivity contribution in [1.29, 1.82) is 5.26 Å². The first-order chi connectivity index (χ1) is 15.7. The van der Waals surface area contributed by atoms with Gasteiger partial charge in [0.2, 0.25) is 0 Å². The van der Waals surface area contributed by atoms with E-state index in [2.05, 4.69) is 44.9 Å². The summed E-state index contributed by atoms with van der Waals surface area (Å²) < 4.78 is 0. The number of rotatable bonds is 4. The van der Waals surface area contributed by atoms with Crippen LogP contribution in [0.3, 0.4) is 0 Å². The van der Waals surface area contributed by atoms with Crippen molar-refractivity contribution in [2.75, 3.05) is 5.32 Å². The quantitative estimate of drug-likeness (QED) is 0.507. The number of aryl methyl sites for hydroxylation is 1. The summed E-state index contributed by atoms with van der Waals surface area (Å²) in [5.74, 6) is 0.474. The zero-order chi connectivity index (χ0) is 21.9. The molecular weight excluding hydrogens is 398 g/mol. The first kappa shape index (κ1) is 19.7. The highest BCUT2D eigenvalue weighted by molar-refractivity contribution is 5.95. The van der Waals surface area contributed by atoms with Gasteiger partial charge >= 0.3 is 0 Å². The van der Waals surface area contributed by atoms with Crippen molar-refractivity contribution in [3.8, 4) is 6.07 Å². The molecule has 0 fully saturated rings. The fourth-order valence-electron chi connectivity index (χ4n) is 4.16. The van der Waals surface area contributed by atoms with E-state index in [4.69, 9.17) is 0 Å². The van der Waals surface area contributed by atoms with Crippen molar-refractivity contribution >= 4 is 28.2 Å². The van der Waals surface area contributed by atoms with Crippen molar-refractivity contribution in [3.63, 3.8) is 0 Å². The molecule has 2 N–H and O–H groups in total. The molecule has 0 saturated carbocycles. The number of aromatic nitrogens is 2. The van der Waals surface area contributed by atoms with Crippen molar-refractivity contribution in [2.24, 2.45) is 0 Å². The van der Waals surface area contributed by atoms with Gasteiger partial charge in [-0.1, -0.05) is 30.3 Å². The van der Waals surface area contributed by atoms with Gasteiger partial charge in [0.15, 0.2) is 0 Å². The van der Waals surface area contributed by atoms with E-state index in [1.165, 1.54) is 11.1 Å². The van der Waals surface area contributed by atoms with Crippen LogP contribution in [0.4, 0.5) is 11.5 Å². The van der Waals surface area contributed by atoms with Gasteiger partial charge in [-0.05, 0) is 66.1 Å². The second kappa shape index (κ2) is 8.48. The van der Waals surface area contributed by atoms with Crippen molar-refractivity contribution in [2.45, 2.75) is 25.3 Å². The SMILES string of the molecule is N#Cc1ccc2ccnc(Nc3ccc(C(=O)NC4CCc5ccccc5C4)nc3)c2c1. The third-order valence-electron chi connectivity index (χ3n) is 5.84. The number of benzene rings is 2. The maximum absolute atomic E-state index is 12.7. The van der Waals surface area contributed by atoms with Gasteiger partial charge in [0.05, 0.1) is 23.5 Å². The zero-order valence-corrected chi connectivity index (χ0v) is 17.4. The van der Waals surface area contributed by atoms with E-state index in [9.17, 15) is 10.1 Å². The molecule has 5 rings (SSSR count). The van der Waals surface area contributed by atoms with Crippen LogP contribution in [0.1, 0.15) is 33.6 Å². The Bertz CT molecular complexity index is 1340. The van der Waals surface area contributed by atoms with E-state index in [-0.39, 0.29) is 11.9 Å². The average Bonchev–Trinajstić information content (AvgIpc) is 2.84. The number of hydrogen-bond donors (Lipinski definition) is 2. The summed E-state index contributed by atoms with van der Waals surface area (Å²) in [6, 6.07) is 21.6. The predicted octanol–water partition coefficient (Wildman–Crippen LogP) is 4.53. The maximum atomic E-state index is 12.7. The van der Waals surface area contributed by atoms with E-state index in [1.807, 2.05) is 30.3 Å². The summed E-state index contributed by atoms with van der Waals surface area (Å²) in [6.07, 6.45) is 6.09. The lowest BCUT2D eigenvalue weighted by Gasteiger charge is -2.25. The van der Waals surface area contributed by atoms with Crippen molar-refractivity contribution in [1.82, 2.24) is 15.3 Å². The molecule has 0 radical (unpaired) electrons. The number of nitrogens with one attached hydrogen (secondary N) is 2. The van der Waals surface area contributed by atoms with Gasteiger partial charge in [0.25, 0.3) is 5.91 Å². The molecule has 6 heteroatoms. The molecule has 156 valence electrons. The summed E-state index contributed by atoms with van der Waals surface area (Å²) >= 11 is 0. The number of carbonyl (C=O) groups is 1. The average molecular weight is 419 g/mol. The fourth-order valence-corrected chi connectivity index (χ4v) is 4.16. The Labute approximate surface area is 186 Å². The number of nitrogens with zero attached hydrogens (tertiary/aromatic N) is 3. The van der Waals surface area contributed by atoms with Crippen LogP contribution in [0.15, 0.2) is 73.1 Å². The third-order valence-corrected chi connectivity index (χ3v) is 5.84. The Kier molecular flexibility index (Phi) is 5.22. The van der Waals surface area contributed by atoms with Gasteiger partial charge in [0.1, 0.15) is 11.5 Å². The minimum Gasteiger partial charge on any atom is -0.348 e. The van der Waals surface area contributed by atoms with Gasteiger partial charge in [0, 0.05) is 17.6 Å². The van der Waals surface area contributed by atoms with Gasteiger partial charge in [-0.15, -0.1) is 0 Å². The van der Waals surface area contributed by atoms with Crippen LogP contribution in [-0.4, -0.2) is 21.9 Å². The van der Waals surface area contributed by atoms with Gasteiger partial charge in [-0.3, -0.25) is 4.79 Å². The van der Waals surface area contributed by atoms with Crippen LogP contribution in [0.25, 0.3) is 10.8 Å². The highest BCUT2D eigenvalue weighted by Gasteiger charge is 2.20. The highest BCUT2D eigenvalue weighted by Crippen LogP contribution is 2.25. The van der Waals surface area contributed by atoms with Crippen LogP contribution in [0.2, 0.25) is 0 Å². The number of anilines is 2. The molecule has 6 nitrogen and oxygen atoms in total. The lowest BCUT2D eigenvalue weighted by Crippen LogP contribution is -2.39. The second-order valence-electron chi connectivity index (χ2n) is 7.95.